The molecule has 0 heterocycles. The van der Waals surface area contributed by atoms with Gasteiger partial charge in [-0.25, -0.2) is 0 Å². The van der Waals surface area contributed by atoms with E-state index in [4.69, 9.17) is 10.5 Å². The number of ether oxygens (including phenoxy) is 1. The number of hydrogen-bond donors (Lipinski definition) is 1. The first kappa shape index (κ1) is 15.0. The van der Waals surface area contributed by atoms with Gasteiger partial charge in [0.2, 0.25) is 0 Å². The summed E-state index contributed by atoms with van der Waals surface area (Å²) in [7, 11) is 1.69. The van der Waals surface area contributed by atoms with Gasteiger partial charge in [0.05, 0.1) is 7.11 Å². The topological polar surface area (TPSA) is 38.5 Å². The van der Waals surface area contributed by atoms with E-state index in [1.807, 2.05) is 12.1 Å². The lowest BCUT2D eigenvalue weighted by Gasteiger charge is -2.36. The smallest absolute Gasteiger partial charge is 0.118 e. The van der Waals surface area contributed by atoms with Gasteiger partial charge >= 0.3 is 0 Å². The summed E-state index contributed by atoms with van der Waals surface area (Å²) in [5, 5.41) is 0. The third-order valence-electron chi connectivity index (χ3n) is 3.34. The Kier molecular flexibility index (Phi) is 5.63. The lowest BCUT2D eigenvalue weighted by molar-refractivity contribution is 0.144. The average Bonchev–Trinajstić information content (AvgIpc) is 2.35. The second-order valence-corrected chi connectivity index (χ2v) is 5.00. The largest absolute Gasteiger partial charge is 0.497 e. The summed E-state index contributed by atoms with van der Waals surface area (Å²) in [6, 6.07) is 9.04. The maximum absolute atomic E-state index is 6.18. The third kappa shape index (κ3) is 3.47. The number of nitrogens with zero attached hydrogens (tertiary/aromatic N) is 1. The molecule has 0 amide bonds. The number of hydrogen-bond acceptors (Lipinski definition) is 3. The Morgan fingerprint density at radius 2 is 1.72 bits per heavy atom. The fraction of sp³-hybridized carbons (Fsp3) is 0.600. The molecule has 1 aromatic carbocycles. The zero-order chi connectivity index (χ0) is 13.7. The van der Waals surface area contributed by atoms with Crippen molar-refractivity contribution in [3.63, 3.8) is 0 Å². The first-order chi connectivity index (χ1) is 8.51. The molecule has 0 saturated carbocycles. The van der Waals surface area contributed by atoms with E-state index in [-0.39, 0.29) is 12.1 Å². The van der Waals surface area contributed by atoms with Crippen LogP contribution >= 0.6 is 0 Å². The maximum Gasteiger partial charge on any atom is 0.118 e. The number of nitrogens with two attached hydrogens (primary N) is 1. The summed E-state index contributed by atoms with van der Waals surface area (Å²) in [4.78, 5) is 2.42. The van der Waals surface area contributed by atoms with Gasteiger partial charge in [0, 0.05) is 18.1 Å². The van der Waals surface area contributed by atoms with E-state index >= 15 is 0 Å². The van der Waals surface area contributed by atoms with Crippen LogP contribution < -0.4 is 10.5 Å². The predicted octanol–water partition coefficient (Wildman–Crippen LogP) is 2.81. The third-order valence-corrected chi connectivity index (χ3v) is 3.34. The van der Waals surface area contributed by atoms with Crippen molar-refractivity contribution < 1.29 is 4.74 Å². The van der Waals surface area contributed by atoms with E-state index in [0.717, 1.165) is 12.3 Å². The number of benzene rings is 1. The first-order valence-corrected chi connectivity index (χ1v) is 6.66. The highest BCUT2D eigenvalue weighted by Crippen LogP contribution is 2.26. The van der Waals surface area contributed by atoms with E-state index in [9.17, 15) is 0 Å². The predicted molar refractivity (Wildman–Crippen MR) is 76.9 cm³/mol. The summed E-state index contributed by atoms with van der Waals surface area (Å²) in [5.41, 5.74) is 7.43. The van der Waals surface area contributed by atoms with Crippen LogP contribution in [0, 0.1) is 0 Å². The number of likely N-dealkylation sites (N-methyl/N-ethyl adjacent to an activating group) is 1. The Balaban J connectivity index is 3.03. The van der Waals surface area contributed by atoms with Crippen molar-refractivity contribution in [1.82, 2.24) is 4.90 Å². The van der Waals surface area contributed by atoms with E-state index in [1.165, 1.54) is 5.56 Å². The van der Waals surface area contributed by atoms with Crippen LogP contribution in [0.15, 0.2) is 24.3 Å². The zero-order valence-electron chi connectivity index (χ0n) is 12.2. The van der Waals surface area contributed by atoms with Gasteiger partial charge in [0.1, 0.15) is 5.75 Å². The summed E-state index contributed by atoms with van der Waals surface area (Å²) >= 11 is 0. The normalized spacial score (nSPS) is 14.9. The molecule has 0 spiro atoms. The Morgan fingerprint density at radius 1 is 1.17 bits per heavy atom. The van der Waals surface area contributed by atoms with Crippen LogP contribution in [0.5, 0.6) is 5.75 Å². The average molecular weight is 250 g/mol. The Labute approximate surface area is 111 Å². The van der Waals surface area contributed by atoms with Crippen LogP contribution in [0.25, 0.3) is 0 Å². The van der Waals surface area contributed by atoms with Gasteiger partial charge in [-0.1, -0.05) is 19.1 Å². The molecule has 0 aliphatic carbocycles. The van der Waals surface area contributed by atoms with Crippen molar-refractivity contribution in [3.05, 3.63) is 29.8 Å². The van der Waals surface area contributed by atoms with E-state index < -0.39 is 0 Å². The first-order valence-electron chi connectivity index (χ1n) is 6.66. The van der Waals surface area contributed by atoms with Gasteiger partial charge in [-0.2, -0.15) is 0 Å². The lowest BCUT2D eigenvalue weighted by atomic mass is 9.98. The van der Waals surface area contributed by atoms with Crippen LogP contribution in [-0.4, -0.2) is 30.6 Å². The molecule has 2 unspecified atom stereocenters. The Bertz CT molecular complexity index is 346. The molecule has 0 aliphatic rings. The van der Waals surface area contributed by atoms with Gasteiger partial charge in [0.15, 0.2) is 0 Å². The molecule has 1 rings (SSSR count). The van der Waals surface area contributed by atoms with Crippen LogP contribution in [0.2, 0.25) is 0 Å². The molecule has 3 nitrogen and oxygen atoms in total. The molecule has 0 saturated heterocycles. The molecule has 0 fully saturated rings. The second kappa shape index (κ2) is 6.76. The summed E-state index contributed by atoms with van der Waals surface area (Å²) in [6.07, 6.45) is 0. The summed E-state index contributed by atoms with van der Waals surface area (Å²) in [5.74, 6) is 0.884. The number of methoxy groups -OCH3 is 1. The van der Waals surface area contributed by atoms with Crippen molar-refractivity contribution in [2.45, 2.75) is 45.8 Å². The molecule has 18 heavy (non-hydrogen) atoms. The molecule has 2 N–H and O–H groups in total. The van der Waals surface area contributed by atoms with E-state index in [1.54, 1.807) is 7.11 Å². The van der Waals surface area contributed by atoms with Crippen molar-refractivity contribution in [2.24, 2.45) is 5.73 Å². The molecule has 2 atom stereocenters. The molecule has 102 valence electrons. The number of rotatable bonds is 6. The summed E-state index contributed by atoms with van der Waals surface area (Å²) in [6.45, 7) is 9.67. The van der Waals surface area contributed by atoms with Crippen LogP contribution in [0.1, 0.15) is 39.3 Å². The fourth-order valence-corrected chi connectivity index (χ4v) is 2.48. The van der Waals surface area contributed by atoms with Crippen molar-refractivity contribution >= 4 is 0 Å². The van der Waals surface area contributed by atoms with Crippen LogP contribution in [0.3, 0.4) is 0 Å². The minimum Gasteiger partial charge on any atom is -0.497 e. The van der Waals surface area contributed by atoms with E-state index in [0.29, 0.717) is 6.04 Å². The zero-order valence-corrected chi connectivity index (χ0v) is 12.2. The maximum atomic E-state index is 6.18. The quantitative estimate of drug-likeness (QED) is 0.843. The Hall–Kier alpha value is -1.06. The lowest BCUT2D eigenvalue weighted by Crippen LogP contribution is -2.43. The molecule has 3 heteroatoms. The van der Waals surface area contributed by atoms with Crippen molar-refractivity contribution in [2.75, 3.05) is 13.7 Å². The minimum absolute atomic E-state index is 0.0979. The Morgan fingerprint density at radius 3 is 2.06 bits per heavy atom. The van der Waals surface area contributed by atoms with Crippen LogP contribution in [0.4, 0.5) is 0 Å². The van der Waals surface area contributed by atoms with Crippen molar-refractivity contribution in [1.29, 1.82) is 0 Å². The van der Waals surface area contributed by atoms with Gasteiger partial charge < -0.3 is 10.5 Å². The highest BCUT2D eigenvalue weighted by molar-refractivity contribution is 5.30. The van der Waals surface area contributed by atoms with Gasteiger partial charge in [-0.15, -0.1) is 0 Å². The van der Waals surface area contributed by atoms with Gasteiger partial charge in [-0.05, 0) is 45.0 Å². The molecule has 0 aromatic heterocycles. The molecule has 0 aliphatic heterocycles. The summed E-state index contributed by atoms with van der Waals surface area (Å²) < 4.78 is 5.20. The molecular formula is C15H26N2O. The van der Waals surface area contributed by atoms with Crippen LogP contribution in [-0.2, 0) is 0 Å². The SMILES string of the molecule is CCN(C(C)C)C(c1ccc(OC)cc1)C(C)N. The highest BCUT2D eigenvalue weighted by Gasteiger charge is 2.24. The highest BCUT2D eigenvalue weighted by atomic mass is 16.5. The fourth-order valence-electron chi connectivity index (χ4n) is 2.48. The van der Waals surface area contributed by atoms with Gasteiger partial charge in [-0.3, -0.25) is 4.90 Å². The standard InChI is InChI=1S/C15H26N2O/c1-6-17(11(2)3)15(12(4)16)13-7-9-14(18-5)10-8-13/h7-12,15H,6,16H2,1-5H3. The van der Waals surface area contributed by atoms with Crippen molar-refractivity contribution in [3.8, 4) is 5.75 Å². The minimum atomic E-state index is 0.0979. The van der Waals surface area contributed by atoms with Gasteiger partial charge in [0.25, 0.3) is 0 Å². The molecule has 1 aromatic rings. The second-order valence-electron chi connectivity index (χ2n) is 5.00. The molecule has 0 bridgehead atoms. The molecular weight excluding hydrogens is 224 g/mol. The molecule has 0 radical (unpaired) electrons. The van der Waals surface area contributed by atoms with E-state index in [2.05, 4.69) is 44.7 Å². The monoisotopic (exact) mass is 250 g/mol.